The van der Waals surface area contributed by atoms with Gasteiger partial charge in [0.1, 0.15) is 5.82 Å². The van der Waals surface area contributed by atoms with E-state index in [4.69, 9.17) is 11.6 Å². The molecule has 0 aliphatic rings. The monoisotopic (exact) mass is 340 g/mol. The molecule has 3 aromatic carbocycles. The molecule has 3 aromatic rings. The quantitative estimate of drug-likeness (QED) is 0.547. The van der Waals surface area contributed by atoms with Gasteiger partial charge in [-0.3, -0.25) is 0 Å². The van der Waals surface area contributed by atoms with Gasteiger partial charge in [0.05, 0.1) is 0 Å². The minimum atomic E-state index is -0.279. The second-order valence-electron chi connectivity index (χ2n) is 5.35. The molecule has 0 saturated heterocycles. The molecule has 24 heavy (non-hydrogen) atoms. The third-order valence-corrected chi connectivity index (χ3v) is 3.81. The Morgan fingerprint density at radius 2 is 1.50 bits per heavy atom. The minimum absolute atomic E-state index is 0.279. The van der Waals surface area contributed by atoms with E-state index in [0.717, 1.165) is 16.9 Å². The lowest BCUT2D eigenvalue weighted by Crippen LogP contribution is -2.06. The van der Waals surface area contributed by atoms with Crippen LogP contribution in [0.1, 0.15) is 0 Å². The summed E-state index contributed by atoms with van der Waals surface area (Å²) in [7, 11) is 0. The van der Waals surface area contributed by atoms with Crippen LogP contribution in [-0.2, 0) is 0 Å². The number of halogens is 2. The Hall–Kier alpha value is -2.52. The number of nitrogens with one attached hydrogen (secondary N) is 2. The third-order valence-electron chi connectivity index (χ3n) is 3.63. The molecule has 122 valence electrons. The highest BCUT2D eigenvalue weighted by Crippen LogP contribution is 2.34. The van der Waals surface area contributed by atoms with E-state index < -0.39 is 0 Å². The Labute approximate surface area is 146 Å². The first-order valence-corrected chi connectivity index (χ1v) is 8.32. The van der Waals surface area contributed by atoms with Gasteiger partial charge >= 0.3 is 0 Å². The van der Waals surface area contributed by atoms with Crippen LogP contribution in [0.15, 0.2) is 72.8 Å². The molecule has 0 aliphatic heterocycles. The van der Waals surface area contributed by atoms with Crippen molar-refractivity contribution in [2.45, 2.75) is 0 Å². The Balaban J connectivity index is 2.00. The molecule has 2 N–H and O–H groups in total. The van der Waals surface area contributed by atoms with Crippen molar-refractivity contribution in [2.75, 3.05) is 23.1 Å². The van der Waals surface area contributed by atoms with E-state index in [1.54, 1.807) is 0 Å². The van der Waals surface area contributed by atoms with Crippen molar-refractivity contribution in [3.63, 3.8) is 0 Å². The summed E-state index contributed by atoms with van der Waals surface area (Å²) < 4.78 is 14.8. The summed E-state index contributed by atoms with van der Waals surface area (Å²) in [6.07, 6.45) is 0. The predicted octanol–water partition coefficient (Wildman–Crippen LogP) is 5.89. The van der Waals surface area contributed by atoms with Gasteiger partial charge < -0.3 is 10.6 Å². The zero-order valence-electron chi connectivity index (χ0n) is 13.1. The lowest BCUT2D eigenvalue weighted by Gasteiger charge is -2.16. The zero-order valence-corrected chi connectivity index (χ0v) is 13.9. The molecule has 0 radical (unpaired) electrons. The maximum Gasteiger partial charge on any atom is 0.135 e. The number of hydrogen-bond acceptors (Lipinski definition) is 2. The van der Waals surface area contributed by atoms with Crippen LogP contribution >= 0.6 is 11.6 Å². The van der Waals surface area contributed by atoms with E-state index in [2.05, 4.69) is 10.6 Å². The number of hydrogen-bond donors (Lipinski definition) is 2. The van der Waals surface area contributed by atoms with Crippen molar-refractivity contribution in [2.24, 2.45) is 0 Å². The fourth-order valence-electron chi connectivity index (χ4n) is 2.59. The smallest absolute Gasteiger partial charge is 0.135 e. The molecule has 0 aromatic heterocycles. The van der Waals surface area contributed by atoms with Crippen LogP contribution in [0.4, 0.5) is 21.5 Å². The van der Waals surface area contributed by atoms with E-state index in [1.165, 1.54) is 6.07 Å². The average molecular weight is 341 g/mol. The number of para-hydroxylation sites is 1. The van der Waals surface area contributed by atoms with Crippen LogP contribution in [-0.4, -0.2) is 12.4 Å². The largest absolute Gasteiger partial charge is 0.383 e. The third kappa shape index (κ3) is 3.87. The molecule has 3 rings (SSSR count). The van der Waals surface area contributed by atoms with E-state index in [0.29, 0.717) is 23.7 Å². The number of anilines is 3. The van der Waals surface area contributed by atoms with Crippen LogP contribution in [0.2, 0.25) is 0 Å². The lowest BCUT2D eigenvalue weighted by atomic mass is 10.0. The molecule has 0 fully saturated rings. The lowest BCUT2D eigenvalue weighted by molar-refractivity contribution is 0.632. The van der Waals surface area contributed by atoms with Gasteiger partial charge in [-0.2, -0.15) is 0 Å². The van der Waals surface area contributed by atoms with Crippen molar-refractivity contribution >= 4 is 28.7 Å². The minimum Gasteiger partial charge on any atom is -0.383 e. The molecule has 0 heterocycles. The first kappa shape index (κ1) is 16.3. The van der Waals surface area contributed by atoms with E-state index in [1.807, 2.05) is 66.7 Å². The predicted molar refractivity (Wildman–Crippen MR) is 101 cm³/mol. The summed E-state index contributed by atoms with van der Waals surface area (Å²) in [5.41, 5.74) is 3.71. The molecule has 0 atom stereocenters. The second-order valence-corrected chi connectivity index (χ2v) is 5.73. The topological polar surface area (TPSA) is 24.1 Å². The summed E-state index contributed by atoms with van der Waals surface area (Å²) in [5.74, 6) is 0.172. The van der Waals surface area contributed by atoms with Gasteiger partial charge in [0.2, 0.25) is 0 Å². The Bertz CT molecular complexity index is 791. The first-order chi connectivity index (χ1) is 11.8. The zero-order chi connectivity index (χ0) is 16.8. The summed E-state index contributed by atoms with van der Waals surface area (Å²) in [5, 5.41) is 6.44. The SMILES string of the molecule is Fc1cc(Nc2ccccc2)cc(NCCCl)c1-c1ccccc1. The number of alkyl halides is 1. The average Bonchev–Trinajstić information content (AvgIpc) is 2.61. The van der Waals surface area contributed by atoms with Crippen molar-refractivity contribution in [3.05, 3.63) is 78.6 Å². The molecular formula is C20H18ClFN2. The van der Waals surface area contributed by atoms with Crippen LogP contribution in [0, 0.1) is 5.82 Å². The molecule has 0 spiro atoms. The van der Waals surface area contributed by atoms with Gasteiger partial charge in [0.25, 0.3) is 0 Å². The van der Waals surface area contributed by atoms with Crippen molar-refractivity contribution in [1.29, 1.82) is 0 Å². The first-order valence-electron chi connectivity index (χ1n) is 7.79. The highest BCUT2D eigenvalue weighted by atomic mass is 35.5. The number of rotatable bonds is 6. The van der Waals surface area contributed by atoms with Crippen LogP contribution in [0.3, 0.4) is 0 Å². The van der Waals surface area contributed by atoms with E-state index in [-0.39, 0.29) is 5.82 Å². The fourth-order valence-corrected chi connectivity index (χ4v) is 2.68. The summed E-state index contributed by atoms with van der Waals surface area (Å²) >= 11 is 5.79. The van der Waals surface area contributed by atoms with Gasteiger partial charge in [-0.25, -0.2) is 4.39 Å². The van der Waals surface area contributed by atoms with Crippen LogP contribution in [0.5, 0.6) is 0 Å². The normalized spacial score (nSPS) is 10.4. The molecule has 0 unspecified atom stereocenters. The van der Waals surface area contributed by atoms with Gasteiger partial charge in [0, 0.05) is 35.1 Å². The molecule has 2 nitrogen and oxygen atoms in total. The van der Waals surface area contributed by atoms with Crippen LogP contribution in [0.25, 0.3) is 11.1 Å². The van der Waals surface area contributed by atoms with Gasteiger partial charge in [-0.15, -0.1) is 11.6 Å². The molecule has 0 bridgehead atoms. The maximum absolute atomic E-state index is 14.8. The molecule has 4 heteroatoms. The molecule has 0 saturated carbocycles. The molecule has 0 amide bonds. The standard InChI is InChI=1S/C20H18ClFN2/c21-11-12-23-19-14-17(24-16-9-5-2-6-10-16)13-18(22)20(19)15-7-3-1-4-8-15/h1-10,13-14,23-24H,11-12H2. The Morgan fingerprint density at radius 1 is 0.833 bits per heavy atom. The Morgan fingerprint density at radius 3 is 2.17 bits per heavy atom. The summed E-state index contributed by atoms with van der Waals surface area (Å²) in [4.78, 5) is 0. The second kappa shape index (κ2) is 7.84. The van der Waals surface area contributed by atoms with Gasteiger partial charge in [-0.05, 0) is 29.8 Å². The molecule has 0 aliphatic carbocycles. The summed E-state index contributed by atoms with van der Waals surface area (Å²) in [6, 6.07) is 22.6. The van der Waals surface area contributed by atoms with Gasteiger partial charge in [-0.1, -0.05) is 48.5 Å². The van der Waals surface area contributed by atoms with Crippen molar-refractivity contribution < 1.29 is 4.39 Å². The van der Waals surface area contributed by atoms with E-state index in [9.17, 15) is 4.39 Å². The fraction of sp³-hybridized carbons (Fsp3) is 0.100. The van der Waals surface area contributed by atoms with Gasteiger partial charge in [0.15, 0.2) is 0 Å². The van der Waals surface area contributed by atoms with Crippen LogP contribution < -0.4 is 10.6 Å². The number of benzene rings is 3. The molecular weight excluding hydrogens is 323 g/mol. The highest BCUT2D eigenvalue weighted by Gasteiger charge is 2.13. The highest BCUT2D eigenvalue weighted by molar-refractivity contribution is 6.18. The summed E-state index contributed by atoms with van der Waals surface area (Å²) in [6.45, 7) is 0.565. The van der Waals surface area contributed by atoms with Crippen molar-refractivity contribution in [3.8, 4) is 11.1 Å². The maximum atomic E-state index is 14.8. The Kier molecular flexibility index (Phi) is 5.34. The van der Waals surface area contributed by atoms with E-state index >= 15 is 0 Å². The van der Waals surface area contributed by atoms with Crippen molar-refractivity contribution in [1.82, 2.24) is 0 Å².